The van der Waals surface area contributed by atoms with Gasteiger partial charge in [-0.1, -0.05) is 0 Å². The van der Waals surface area contributed by atoms with Gasteiger partial charge in [-0.25, -0.2) is 9.50 Å². The van der Waals surface area contributed by atoms with Crippen molar-refractivity contribution in [2.75, 3.05) is 0 Å². The molecule has 0 spiro atoms. The van der Waals surface area contributed by atoms with E-state index < -0.39 is 5.41 Å². The highest BCUT2D eigenvalue weighted by Gasteiger charge is 2.25. The van der Waals surface area contributed by atoms with Crippen LogP contribution in [0.4, 0.5) is 0 Å². The third kappa shape index (κ3) is 1.70. The molecule has 0 unspecified atom stereocenters. The molecule has 0 aliphatic heterocycles. The molecule has 5 nitrogen and oxygen atoms in total. The summed E-state index contributed by atoms with van der Waals surface area (Å²) >= 11 is 3.29. The average molecular weight is 266 g/mol. The van der Waals surface area contributed by atoms with E-state index in [9.17, 15) is 0 Å². The Morgan fingerprint density at radius 1 is 1.53 bits per heavy atom. The van der Waals surface area contributed by atoms with Crippen LogP contribution in [0.5, 0.6) is 0 Å². The van der Waals surface area contributed by atoms with Crippen molar-refractivity contribution in [3.63, 3.8) is 0 Å². The van der Waals surface area contributed by atoms with Gasteiger partial charge in [-0.15, -0.1) is 5.10 Å². The van der Waals surface area contributed by atoms with Crippen molar-refractivity contribution in [3.05, 3.63) is 22.7 Å². The van der Waals surface area contributed by atoms with Crippen molar-refractivity contribution in [1.82, 2.24) is 19.6 Å². The molecule has 6 heteroatoms. The van der Waals surface area contributed by atoms with E-state index in [0.29, 0.717) is 11.6 Å². The number of hydrogen-bond acceptors (Lipinski definition) is 4. The number of fused-ring (bicyclic) bond motifs is 1. The van der Waals surface area contributed by atoms with E-state index in [0.717, 1.165) is 4.47 Å². The Kier molecular flexibility index (Phi) is 2.20. The minimum Gasteiger partial charge on any atom is -0.218 e. The molecule has 0 saturated heterocycles. The molecule has 0 radical (unpaired) electrons. The van der Waals surface area contributed by atoms with E-state index in [-0.39, 0.29) is 0 Å². The topological polar surface area (TPSA) is 66.9 Å². The van der Waals surface area contributed by atoms with Crippen LogP contribution in [0.15, 0.2) is 16.9 Å². The van der Waals surface area contributed by atoms with Gasteiger partial charge in [0.15, 0.2) is 5.82 Å². The minimum atomic E-state index is -0.694. The number of nitriles is 1. The van der Waals surface area contributed by atoms with Gasteiger partial charge in [-0.3, -0.25) is 0 Å². The highest BCUT2D eigenvalue weighted by Crippen LogP contribution is 2.19. The van der Waals surface area contributed by atoms with E-state index in [1.54, 1.807) is 30.8 Å². The standard InChI is InChI=1S/C9H8BrN5/c1-9(2,5-11)7-13-8-12-3-6(10)4-15(8)14-7/h3-4H,1-2H3. The summed E-state index contributed by atoms with van der Waals surface area (Å²) in [5, 5.41) is 13.2. The first-order valence-electron chi connectivity index (χ1n) is 4.32. The average Bonchev–Trinajstić information content (AvgIpc) is 2.61. The highest BCUT2D eigenvalue weighted by atomic mass is 79.9. The molecule has 2 aromatic rings. The molecule has 0 atom stereocenters. The molecular weight excluding hydrogens is 258 g/mol. The van der Waals surface area contributed by atoms with Crippen LogP contribution in [0.1, 0.15) is 19.7 Å². The summed E-state index contributed by atoms with van der Waals surface area (Å²) in [6.07, 6.45) is 3.40. The summed E-state index contributed by atoms with van der Waals surface area (Å²) in [6.45, 7) is 3.55. The summed E-state index contributed by atoms with van der Waals surface area (Å²) in [5.74, 6) is 0.979. The maximum absolute atomic E-state index is 8.96. The molecule has 0 fully saturated rings. The summed E-state index contributed by atoms with van der Waals surface area (Å²) in [5.41, 5.74) is -0.694. The zero-order chi connectivity index (χ0) is 11.1. The van der Waals surface area contributed by atoms with Gasteiger partial charge >= 0.3 is 0 Å². The van der Waals surface area contributed by atoms with Crippen molar-refractivity contribution >= 4 is 21.7 Å². The lowest BCUT2D eigenvalue weighted by Gasteiger charge is -2.07. The third-order valence-electron chi connectivity index (χ3n) is 2.00. The van der Waals surface area contributed by atoms with Gasteiger partial charge in [0, 0.05) is 12.4 Å². The van der Waals surface area contributed by atoms with Crippen LogP contribution in [-0.2, 0) is 5.41 Å². The SMILES string of the molecule is CC(C)(C#N)c1nc2ncc(Br)cn2n1. The highest BCUT2D eigenvalue weighted by molar-refractivity contribution is 9.10. The lowest BCUT2D eigenvalue weighted by atomic mass is 9.95. The predicted octanol–water partition coefficient (Wildman–Crippen LogP) is 1.69. The van der Waals surface area contributed by atoms with E-state index >= 15 is 0 Å². The smallest absolute Gasteiger partial charge is 0.218 e. The summed E-state index contributed by atoms with van der Waals surface area (Å²) in [7, 11) is 0. The first-order chi connectivity index (χ1) is 7.03. The van der Waals surface area contributed by atoms with Gasteiger partial charge in [0.05, 0.1) is 10.5 Å². The van der Waals surface area contributed by atoms with Crippen molar-refractivity contribution in [2.24, 2.45) is 0 Å². The zero-order valence-corrected chi connectivity index (χ0v) is 9.85. The molecule has 0 N–H and O–H groups in total. The van der Waals surface area contributed by atoms with E-state index in [4.69, 9.17) is 5.26 Å². The monoisotopic (exact) mass is 265 g/mol. The quantitative estimate of drug-likeness (QED) is 0.787. The molecule has 76 valence electrons. The van der Waals surface area contributed by atoms with Crippen LogP contribution < -0.4 is 0 Å². The van der Waals surface area contributed by atoms with Crippen LogP contribution >= 0.6 is 15.9 Å². The second kappa shape index (κ2) is 3.28. The molecule has 0 amide bonds. The predicted molar refractivity (Wildman–Crippen MR) is 57.1 cm³/mol. The number of nitrogens with zero attached hydrogens (tertiary/aromatic N) is 5. The Bertz CT molecular complexity index is 551. The van der Waals surface area contributed by atoms with E-state index in [1.807, 2.05) is 0 Å². The Morgan fingerprint density at radius 2 is 2.27 bits per heavy atom. The van der Waals surface area contributed by atoms with Crippen molar-refractivity contribution in [3.8, 4) is 6.07 Å². The first kappa shape index (κ1) is 10.1. The maximum Gasteiger partial charge on any atom is 0.252 e. The molecule has 0 aromatic carbocycles. The van der Waals surface area contributed by atoms with Gasteiger partial charge in [0.1, 0.15) is 5.41 Å². The number of rotatable bonds is 1. The van der Waals surface area contributed by atoms with Crippen molar-refractivity contribution in [1.29, 1.82) is 5.26 Å². The fraction of sp³-hybridized carbons (Fsp3) is 0.333. The lowest BCUT2D eigenvalue weighted by molar-refractivity contribution is 0.628. The molecule has 2 rings (SSSR count). The van der Waals surface area contributed by atoms with Gasteiger partial charge in [-0.2, -0.15) is 10.2 Å². The van der Waals surface area contributed by atoms with Crippen LogP contribution in [0.3, 0.4) is 0 Å². The van der Waals surface area contributed by atoms with Crippen LogP contribution in [0, 0.1) is 11.3 Å². The van der Waals surface area contributed by atoms with Crippen LogP contribution in [-0.4, -0.2) is 19.6 Å². The fourth-order valence-electron chi connectivity index (χ4n) is 1.07. The molecule has 2 heterocycles. The first-order valence-corrected chi connectivity index (χ1v) is 5.12. The maximum atomic E-state index is 8.96. The molecule has 2 aromatic heterocycles. The van der Waals surface area contributed by atoms with Crippen molar-refractivity contribution in [2.45, 2.75) is 19.3 Å². The van der Waals surface area contributed by atoms with Gasteiger partial charge in [0.2, 0.25) is 0 Å². The summed E-state index contributed by atoms with van der Waals surface area (Å²) in [6, 6.07) is 2.16. The summed E-state index contributed by atoms with van der Waals surface area (Å²) < 4.78 is 2.37. The Labute approximate surface area is 94.9 Å². The second-order valence-electron chi connectivity index (χ2n) is 3.69. The molecular formula is C9H8BrN5. The Balaban J connectivity index is 2.63. The summed E-state index contributed by atoms with van der Waals surface area (Å²) in [4.78, 5) is 8.28. The van der Waals surface area contributed by atoms with Crippen LogP contribution in [0.25, 0.3) is 5.78 Å². The van der Waals surface area contributed by atoms with E-state index in [2.05, 4.69) is 37.1 Å². The molecule has 0 bridgehead atoms. The molecule has 0 aliphatic carbocycles. The largest absolute Gasteiger partial charge is 0.252 e. The van der Waals surface area contributed by atoms with Gasteiger partial charge in [0.25, 0.3) is 5.78 Å². The zero-order valence-electron chi connectivity index (χ0n) is 8.27. The van der Waals surface area contributed by atoms with Gasteiger partial charge in [-0.05, 0) is 29.8 Å². The van der Waals surface area contributed by atoms with Gasteiger partial charge < -0.3 is 0 Å². The molecule has 15 heavy (non-hydrogen) atoms. The number of halogens is 1. The molecule has 0 saturated carbocycles. The normalized spacial score (nSPS) is 11.6. The van der Waals surface area contributed by atoms with Crippen molar-refractivity contribution < 1.29 is 0 Å². The van der Waals surface area contributed by atoms with E-state index in [1.165, 1.54) is 0 Å². The lowest BCUT2D eigenvalue weighted by Crippen LogP contribution is -2.16. The number of aromatic nitrogens is 4. The second-order valence-corrected chi connectivity index (χ2v) is 4.60. The van der Waals surface area contributed by atoms with Crippen LogP contribution in [0.2, 0.25) is 0 Å². The number of hydrogen-bond donors (Lipinski definition) is 0. The molecule has 0 aliphatic rings. The fourth-order valence-corrected chi connectivity index (χ4v) is 1.37. The third-order valence-corrected chi connectivity index (χ3v) is 2.41. The minimum absolute atomic E-state index is 0.482. The Hall–Kier alpha value is -1.48. The Morgan fingerprint density at radius 3 is 2.93 bits per heavy atom.